The van der Waals surface area contributed by atoms with Crippen LogP contribution in [0.2, 0.25) is 0 Å². The van der Waals surface area contributed by atoms with Gasteiger partial charge in [-0.2, -0.15) is 0 Å². The van der Waals surface area contributed by atoms with Gasteiger partial charge in [-0.15, -0.1) is 0 Å². The second kappa shape index (κ2) is 6.66. The fourth-order valence-electron chi connectivity index (χ4n) is 2.93. The Hall–Kier alpha value is -2.10. The number of aryl methyl sites for hydroxylation is 1. The highest BCUT2D eigenvalue weighted by molar-refractivity contribution is 5.98. The molecule has 1 aliphatic heterocycles. The summed E-state index contributed by atoms with van der Waals surface area (Å²) in [6.45, 7) is 1.06. The summed E-state index contributed by atoms with van der Waals surface area (Å²) < 4.78 is 10.9. The van der Waals surface area contributed by atoms with Crippen molar-refractivity contribution in [3.05, 3.63) is 29.8 Å². The Kier molecular flexibility index (Phi) is 4.72. The van der Waals surface area contributed by atoms with Crippen LogP contribution in [0.1, 0.15) is 5.56 Å². The van der Waals surface area contributed by atoms with E-state index in [0.29, 0.717) is 10.9 Å². The number of phenols is 2. The normalized spacial score (nSPS) is 29.7. The van der Waals surface area contributed by atoms with E-state index in [2.05, 4.69) is 0 Å². The fourth-order valence-corrected chi connectivity index (χ4v) is 2.93. The number of hydrogen-bond donors (Lipinski definition) is 6. The van der Waals surface area contributed by atoms with Gasteiger partial charge in [-0.3, -0.25) is 0 Å². The van der Waals surface area contributed by atoms with Gasteiger partial charge in [0, 0.05) is 5.39 Å². The van der Waals surface area contributed by atoms with E-state index < -0.39 is 37.3 Å². The van der Waals surface area contributed by atoms with E-state index >= 15 is 0 Å². The first-order valence-electron chi connectivity index (χ1n) is 7.76. The number of aliphatic hydroxyl groups excluding tert-OH is 4. The molecule has 8 nitrogen and oxygen atoms in total. The lowest BCUT2D eigenvalue weighted by Gasteiger charge is -2.39. The molecule has 0 unspecified atom stereocenters. The molecule has 8 heteroatoms. The summed E-state index contributed by atoms with van der Waals surface area (Å²) >= 11 is 0. The summed E-state index contributed by atoms with van der Waals surface area (Å²) in [7, 11) is 0. The summed E-state index contributed by atoms with van der Waals surface area (Å²) in [4.78, 5) is 0. The third-order valence-corrected chi connectivity index (χ3v) is 4.36. The van der Waals surface area contributed by atoms with Crippen LogP contribution in [0.5, 0.6) is 17.2 Å². The molecule has 136 valence electrons. The van der Waals surface area contributed by atoms with Crippen LogP contribution in [-0.4, -0.2) is 68.0 Å². The Bertz CT molecular complexity index is 775. The predicted octanol–water partition coefficient (Wildman–Crippen LogP) is -0.262. The van der Waals surface area contributed by atoms with Gasteiger partial charge in [0.25, 0.3) is 0 Å². The minimum atomic E-state index is -1.58. The molecule has 0 saturated carbocycles. The molecule has 2 aromatic rings. The monoisotopic (exact) mass is 352 g/mol. The Labute approximate surface area is 143 Å². The second-order valence-corrected chi connectivity index (χ2v) is 6.06. The molecule has 0 bridgehead atoms. The smallest absolute Gasteiger partial charge is 0.229 e. The molecule has 2 aromatic carbocycles. The quantitative estimate of drug-likeness (QED) is 0.444. The van der Waals surface area contributed by atoms with Gasteiger partial charge in [0.1, 0.15) is 41.7 Å². The summed E-state index contributed by atoms with van der Waals surface area (Å²) in [5.74, 6) is -0.0489. The third-order valence-electron chi connectivity index (χ3n) is 4.36. The van der Waals surface area contributed by atoms with Crippen molar-refractivity contribution in [2.75, 3.05) is 6.61 Å². The van der Waals surface area contributed by atoms with Crippen molar-refractivity contribution >= 4 is 10.8 Å². The summed E-state index contributed by atoms with van der Waals surface area (Å²) in [6.07, 6.45) is -7.14. The van der Waals surface area contributed by atoms with E-state index in [0.717, 1.165) is 0 Å². The highest BCUT2D eigenvalue weighted by atomic mass is 16.7. The Morgan fingerprint density at radius 2 is 1.80 bits per heavy atom. The SMILES string of the molecule is Cc1cc(O[C@H]2O[C@@H](CO)[C@H](O)[C@H](O)[C@@H]2O)c2c(O)cccc2c1O. The van der Waals surface area contributed by atoms with Gasteiger partial charge in [-0.25, -0.2) is 0 Å². The number of phenolic OH excluding ortho intramolecular Hbond substituents is 2. The molecule has 6 N–H and O–H groups in total. The average molecular weight is 352 g/mol. The largest absolute Gasteiger partial charge is 0.507 e. The molecule has 1 aliphatic rings. The number of ether oxygens (including phenoxy) is 2. The van der Waals surface area contributed by atoms with Crippen LogP contribution in [-0.2, 0) is 4.74 Å². The van der Waals surface area contributed by atoms with Crippen molar-refractivity contribution in [1.82, 2.24) is 0 Å². The standard InChI is InChI=1S/C17H20O8/c1-7-5-10(12-8(13(7)20)3-2-4-9(12)19)24-17-16(23)15(22)14(21)11(6-18)25-17/h2-5,11,14-23H,6H2,1H3/t11-,14-,15-,16-,17-/m0/s1. The first-order chi connectivity index (χ1) is 11.8. The zero-order valence-corrected chi connectivity index (χ0v) is 13.4. The summed E-state index contributed by atoms with van der Waals surface area (Å²) in [5.41, 5.74) is 0.470. The molecule has 5 atom stereocenters. The van der Waals surface area contributed by atoms with Crippen molar-refractivity contribution in [2.24, 2.45) is 0 Å². The number of aromatic hydroxyl groups is 2. The molecule has 1 saturated heterocycles. The minimum Gasteiger partial charge on any atom is -0.507 e. The molecule has 0 spiro atoms. The molecule has 25 heavy (non-hydrogen) atoms. The molecular weight excluding hydrogens is 332 g/mol. The second-order valence-electron chi connectivity index (χ2n) is 6.06. The van der Waals surface area contributed by atoms with E-state index in [-0.39, 0.29) is 22.6 Å². The van der Waals surface area contributed by atoms with Gasteiger partial charge in [0.05, 0.1) is 12.0 Å². The van der Waals surface area contributed by atoms with Crippen LogP contribution in [0.25, 0.3) is 10.8 Å². The van der Waals surface area contributed by atoms with E-state index in [4.69, 9.17) is 9.47 Å². The lowest BCUT2D eigenvalue weighted by molar-refractivity contribution is -0.277. The van der Waals surface area contributed by atoms with Crippen LogP contribution < -0.4 is 4.74 Å². The zero-order chi connectivity index (χ0) is 18.3. The number of benzene rings is 2. The van der Waals surface area contributed by atoms with Gasteiger partial charge < -0.3 is 40.1 Å². The van der Waals surface area contributed by atoms with Crippen LogP contribution in [0, 0.1) is 6.92 Å². The zero-order valence-electron chi connectivity index (χ0n) is 13.4. The van der Waals surface area contributed by atoms with Crippen molar-refractivity contribution in [3.8, 4) is 17.2 Å². The van der Waals surface area contributed by atoms with E-state index in [9.17, 15) is 30.6 Å². The summed E-state index contributed by atoms with van der Waals surface area (Å²) in [6, 6.07) is 6.03. The van der Waals surface area contributed by atoms with E-state index in [1.165, 1.54) is 12.1 Å². The Balaban J connectivity index is 2.02. The molecule has 0 amide bonds. The van der Waals surface area contributed by atoms with Crippen LogP contribution >= 0.6 is 0 Å². The molecule has 0 radical (unpaired) electrons. The average Bonchev–Trinajstić information content (AvgIpc) is 2.59. The number of fused-ring (bicyclic) bond motifs is 1. The number of rotatable bonds is 3. The third kappa shape index (κ3) is 2.99. The van der Waals surface area contributed by atoms with Crippen molar-refractivity contribution in [2.45, 2.75) is 37.6 Å². The first kappa shape index (κ1) is 17.7. The topological polar surface area (TPSA) is 140 Å². The van der Waals surface area contributed by atoms with Crippen LogP contribution in [0.4, 0.5) is 0 Å². The van der Waals surface area contributed by atoms with Crippen LogP contribution in [0.15, 0.2) is 24.3 Å². The van der Waals surface area contributed by atoms with Crippen LogP contribution in [0.3, 0.4) is 0 Å². The maximum Gasteiger partial charge on any atom is 0.229 e. The van der Waals surface area contributed by atoms with Crippen molar-refractivity contribution in [1.29, 1.82) is 0 Å². The highest BCUT2D eigenvalue weighted by Gasteiger charge is 2.44. The van der Waals surface area contributed by atoms with Gasteiger partial charge in [0.2, 0.25) is 6.29 Å². The lowest BCUT2D eigenvalue weighted by Crippen LogP contribution is -2.60. The number of hydrogen-bond acceptors (Lipinski definition) is 8. The fraction of sp³-hybridized carbons (Fsp3) is 0.412. The minimum absolute atomic E-state index is 0.0212. The molecular formula is C17H20O8. The van der Waals surface area contributed by atoms with Gasteiger partial charge in [0.15, 0.2) is 0 Å². The molecule has 0 aromatic heterocycles. The number of aliphatic hydroxyl groups is 4. The van der Waals surface area contributed by atoms with Gasteiger partial charge >= 0.3 is 0 Å². The molecule has 1 heterocycles. The first-order valence-corrected chi connectivity index (χ1v) is 7.76. The molecule has 3 rings (SSSR count). The molecule has 1 fully saturated rings. The van der Waals surface area contributed by atoms with E-state index in [1.807, 2.05) is 0 Å². The van der Waals surface area contributed by atoms with E-state index in [1.54, 1.807) is 19.1 Å². The maximum atomic E-state index is 10.2. The van der Waals surface area contributed by atoms with Crippen molar-refractivity contribution < 1.29 is 40.1 Å². The molecule has 0 aliphatic carbocycles. The highest BCUT2D eigenvalue weighted by Crippen LogP contribution is 2.41. The predicted molar refractivity (Wildman–Crippen MR) is 86.4 cm³/mol. The van der Waals surface area contributed by atoms with Crippen molar-refractivity contribution in [3.63, 3.8) is 0 Å². The van der Waals surface area contributed by atoms with Gasteiger partial charge in [-0.1, -0.05) is 12.1 Å². The Morgan fingerprint density at radius 1 is 1.08 bits per heavy atom. The van der Waals surface area contributed by atoms with Gasteiger partial charge in [-0.05, 0) is 24.6 Å². The lowest BCUT2D eigenvalue weighted by atomic mass is 9.99. The maximum absolute atomic E-state index is 10.2. The summed E-state index contributed by atoms with van der Waals surface area (Å²) in [5, 5.41) is 59.9. The Morgan fingerprint density at radius 3 is 2.48 bits per heavy atom.